The molecule has 0 spiro atoms. The zero-order valence-electron chi connectivity index (χ0n) is 10.8. The van der Waals surface area contributed by atoms with Gasteiger partial charge in [-0.15, -0.1) is 0 Å². The summed E-state index contributed by atoms with van der Waals surface area (Å²) in [6, 6.07) is 1.53. The molecule has 0 amide bonds. The molecule has 1 N–H and O–H groups in total. The molecule has 0 radical (unpaired) electrons. The van der Waals surface area contributed by atoms with Crippen molar-refractivity contribution in [1.82, 2.24) is 10.2 Å². The van der Waals surface area contributed by atoms with Crippen LogP contribution in [0, 0.1) is 0 Å². The zero-order chi connectivity index (χ0) is 11.1. The first-order valence-corrected chi connectivity index (χ1v) is 6.69. The number of rotatable bonds is 6. The fourth-order valence-corrected chi connectivity index (χ4v) is 2.56. The summed E-state index contributed by atoms with van der Waals surface area (Å²) in [6.07, 6.45) is 8.20. The van der Waals surface area contributed by atoms with Gasteiger partial charge in [-0.25, -0.2) is 0 Å². The van der Waals surface area contributed by atoms with E-state index in [0.717, 1.165) is 12.1 Å². The second-order valence-corrected chi connectivity index (χ2v) is 4.96. The van der Waals surface area contributed by atoms with Gasteiger partial charge in [-0.3, -0.25) is 0 Å². The highest BCUT2D eigenvalue weighted by molar-refractivity contribution is 4.81. The Labute approximate surface area is 95.4 Å². The Bertz CT molecular complexity index is 159. The smallest absolute Gasteiger partial charge is 0.00910 e. The maximum absolute atomic E-state index is 3.40. The molecule has 0 saturated carbocycles. The highest BCUT2D eigenvalue weighted by Crippen LogP contribution is 2.17. The highest BCUT2D eigenvalue weighted by Gasteiger charge is 2.23. The van der Waals surface area contributed by atoms with Gasteiger partial charge in [-0.2, -0.15) is 0 Å². The fraction of sp³-hybridized carbons (Fsp3) is 1.00. The number of hydrogen-bond acceptors (Lipinski definition) is 2. The van der Waals surface area contributed by atoms with Gasteiger partial charge in [0.15, 0.2) is 0 Å². The van der Waals surface area contributed by atoms with Gasteiger partial charge in [-0.05, 0) is 46.3 Å². The van der Waals surface area contributed by atoms with Crippen molar-refractivity contribution < 1.29 is 0 Å². The lowest BCUT2D eigenvalue weighted by molar-refractivity contribution is 0.136. The van der Waals surface area contributed by atoms with Crippen LogP contribution in [0.15, 0.2) is 0 Å². The molecule has 2 heteroatoms. The van der Waals surface area contributed by atoms with Gasteiger partial charge in [-0.1, -0.05) is 26.2 Å². The van der Waals surface area contributed by atoms with Crippen molar-refractivity contribution in [3.05, 3.63) is 0 Å². The van der Waals surface area contributed by atoms with Crippen molar-refractivity contribution in [1.29, 1.82) is 0 Å². The standard InChI is InChI=1S/C13H28N2/c1-4-5-6-7-9-15-10-8-13(14-3)11-12(15)2/h12-14H,4-11H2,1-3H3. The molecule has 0 aromatic rings. The predicted molar refractivity (Wildman–Crippen MR) is 67.3 cm³/mol. The minimum Gasteiger partial charge on any atom is -0.317 e. The largest absolute Gasteiger partial charge is 0.317 e. The molecule has 1 saturated heterocycles. The summed E-state index contributed by atoms with van der Waals surface area (Å²) in [5.74, 6) is 0. The van der Waals surface area contributed by atoms with Crippen LogP contribution in [0.4, 0.5) is 0 Å². The van der Waals surface area contributed by atoms with Gasteiger partial charge in [0, 0.05) is 12.1 Å². The summed E-state index contributed by atoms with van der Waals surface area (Å²) in [4.78, 5) is 2.67. The van der Waals surface area contributed by atoms with E-state index in [-0.39, 0.29) is 0 Å². The number of unbranched alkanes of at least 4 members (excludes halogenated alkanes) is 3. The molecule has 0 aromatic heterocycles. The van der Waals surface area contributed by atoms with Crippen LogP contribution in [0.5, 0.6) is 0 Å². The van der Waals surface area contributed by atoms with Crippen LogP contribution in [-0.4, -0.2) is 37.1 Å². The van der Waals surface area contributed by atoms with E-state index >= 15 is 0 Å². The average molecular weight is 212 g/mol. The van der Waals surface area contributed by atoms with E-state index in [1.165, 1.54) is 51.6 Å². The van der Waals surface area contributed by atoms with E-state index in [0.29, 0.717) is 0 Å². The van der Waals surface area contributed by atoms with Gasteiger partial charge < -0.3 is 10.2 Å². The molecular weight excluding hydrogens is 184 g/mol. The van der Waals surface area contributed by atoms with Crippen LogP contribution < -0.4 is 5.32 Å². The monoisotopic (exact) mass is 212 g/mol. The lowest BCUT2D eigenvalue weighted by Crippen LogP contribution is -2.46. The van der Waals surface area contributed by atoms with Crippen LogP contribution >= 0.6 is 0 Å². The first-order valence-electron chi connectivity index (χ1n) is 6.69. The Morgan fingerprint density at radius 1 is 1.27 bits per heavy atom. The lowest BCUT2D eigenvalue weighted by Gasteiger charge is -2.37. The first kappa shape index (κ1) is 13.0. The third kappa shape index (κ3) is 4.52. The summed E-state index contributed by atoms with van der Waals surface area (Å²) < 4.78 is 0. The van der Waals surface area contributed by atoms with E-state index in [1.54, 1.807) is 0 Å². The maximum Gasteiger partial charge on any atom is 0.00910 e. The Hall–Kier alpha value is -0.0800. The second kappa shape index (κ2) is 7.24. The van der Waals surface area contributed by atoms with Gasteiger partial charge in [0.2, 0.25) is 0 Å². The van der Waals surface area contributed by atoms with Crippen molar-refractivity contribution in [2.24, 2.45) is 0 Å². The maximum atomic E-state index is 3.40. The Balaban J connectivity index is 2.14. The molecule has 0 aliphatic carbocycles. The van der Waals surface area contributed by atoms with Crippen LogP contribution in [0.3, 0.4) is 0 Å². The Morgan fingerprint density at radius 3 is 2.67 bits per heavy atom. The Kier molecular flexibility index (Phi) is 6.26. The number of hydrogen-bond donors (Lipinski definition) is 1. The molecule has 0 aromatic carbocycles. The van der Waals surface area contributed by atoms with E-state index in [1.807, 2.05) is 0 Å². The Morgan fingerprint density at radius 2 is 2.07 bits per heavy atom. The van der Waals surface area contributed by atoms with E-state index < -0.39 is 0 Å². The quantitative estimate of drug-likeness (QED) is 0.681. The van der Waals surface area contributed by atoms with Crippen molar-refractivity contribution >= 4 is 0 Å². The van der Waals surface area contributed by atoms with Gasteiger partial charge >= 0.3 is 0 Å². The third-order valence-electron chi connectivity index (χ3n) is 3.72. The van der Waals surface area contributed by atoms with Crippen molar-refractivity contribution in [3.8, 4) is 0 Å². The number of nitrogens with zero attached hydrogens (tertiary/aromatic N) is 1. The van der Waals surface area contributed by atoms with Gasteiger partial charge in [0.1, 0.15) is 0 Å². The SMILES string of the molecule is CCCCCCN1CCC(NC)CC1C. The normalized spacial score (nSPS) is 28.2. The van der Waals surface area contributed by atoms with Crippen molar-refractivity contribution in [3.63, 3.8) is 0 Å². The number of piperidine rings is 1. The minimum absolute atomic E-state index is 0.756. The molecule has 2 atom stereocenters. The topological polar surface area (TPSA) is 15.3 Å². The van der Waals surface area contributed by atoms with Gasteiger partial charge in [0.25, 0.3) is 0 Å². The average Bonchev–Trinajstić information content (AvgIpc) is 2.26. The molecule has 15 heavy (non-hydrogen) atoms. The molecule has 1 fully saturated rings. The molecule has 2 unspecified atom stereocenters. The highest BCUT2D eigenvalue weighted by atomic mass is 15.2. The minimum atomic E-state index is 0.756. The number of nitrogens with one attached hydrogen (secondary N) is 1. The molecule has 1 rings (SSSR count). The molecule has 1 aliphatic rings. The first-order chi connectivity index (χ1) is 7.27. The zero-order valence-corrected chi connectivity index (χ0v) is 10.8. The second-order valence-electron chi connectivity index (χ2n) is 4.96. The third-order valence-corrected chi connectivity index (χ3v) is 3.72. The summed E-state index contributed by atoms with van der Waals surface area (Å²) in [7, 11) is 2.09. The summed E-state index contributed by atoms with van der Waals surface area (Å²) in [6.45, 7) is 7.26. The predicted octanol–water partition coefficient (Wildman–Crippen LogP) is 2.64. The van der Waals surface area contributed by atoms with Crippen LogP contribution in [0.25, 0.3) is 0 Å². The molecule has 90 valence electrons. The van der Waals surface area contributed by atoms with Crippen LogP contribution in [0.2, 0.25) is 0 Å². The fourth-order valence-electron chi connectivity index (χ4n) is 2.56. The van der Waals surface area contributed by atoms with E-state index in [4.69, 9.17) is 0 Å². The summed E-state index contributed by atoms with van der Waals surface area (Å²) in [5, 5.41) is 3.40. The van der Waals surface area contributed by atoms with E-state index in [2.05, 4.69) is 31.1 Å². The van der Waals surface area contributed by atoms with Crippen LogP contribution in [-0.2, 0) is 0 Å². The van der Waals surface area contributed by atoms with Gasteiger partial charge in [0.05, 0.1) is 0 Å². The molecule has 1 aliphatic heterocycles. The molecule has 2 nitrogen and oxygen atoms in total. The van der Waals surface area contributed by atoms with Crippen molar-refractivity contribution in [2.75, 3.05) is 20.1 Å². The molecule has 0 bridgehead atoms. The number of likely N-dealkylation sites (tertiary alicyclic amines) is 1. The van der Waals surface area contributed by atoms with E-state index in [9.17, 15) is 0 Å². The molecule has 1 heterocycles. The van der Waals surface area contributed by atoms with Crippen LogP contribution in [0.1, 0.15) is 52.4 Å². The summed E-state index contributed by atoms with van der Waals surface area (Å²) in [5.41, 5.74) is 0. The van der Waals surface area contributed by atoms with Crippen molar-refractivity contribution in [2.45, 2.75) is 64.5 Å². The lowest BCUT2D eigenvalue weighted by atomic mass is 9.98. The molecular formula is C13H28N2. The summed E-state index contributed by atoms with van der Waals surface area (Å²) >= 11 is 0.